The number of carbonyl (C=O) groups is 1. The Morgan fingerprint density at radius 2 is 1.05 bits per heavy atom. The highest BCUT2D eigenvalue weighted by Crippen LogP contribution is 2.35. The van der Waals surface area contributed by atoms with Crippen molar-refractivity contribution in [1.82, 2.24) is 5.32 Å². The maximum Gasteiger partial charge on any atom is 0.469 e. The summed E-state index contributed by atoms with van der Waals surface area (Å²) < 4.78 is 15.8. The third-order valence-electron chi connectivity index (χ3n) is 8.00. The van der Waals surface area contributed by atoms with Gasteiger partial charge in [-0.25, -0.2) is 4.57 Å². The van der Waals surface area contributed by atoms with Gasteiger partial charge in [-0.1, -0.05) is 167 Å². The fraction of sp³-hybridized carbons (Fsp3) is 0.912. The van der Waals surface area contributed by atoms with E-state index in [1.165, 1.54) is 122 Å². The van der Waals surface area contributed by atoms with Gasteiger partial charge in [0.25, 0.3) is 0 Å². The van der Waals surface area contributed by atoms with E-state index in [9.17, 15) is 14.5 Å². The summed E-state index contributed by atoms with van der Waals surface area (Å²) in [5, 5.41) is 13.3. The minimum atomic E-state index is -4.70. The van der Waals surface area contributed by atoms with Crippen molar-refractivity contribution in [3.8, 4) is 0 Å². The van der Waals surface area contributed by atoms with E-state index in [2.05, 4.69) is 23.7 Å². The molecule has 0 bridgehead atoms. The quantitative estimate of drug-likeness (QED) is 0.0339. The second kappa shape index (κ2) is 30.3. The molecule has 2 atom stereocenters. The van der Waals surface area contributed by atoms with Gasteiger partial charge >= 0.3 is 7.82 Å². The van der Waals surface area contributed by atoms with Gasteiger partial charge in [-0.05, 0) is 19.3 Å². The molecule has 0 aliphatic heterocycles. The lowest BCUT2D eigenvalue weighted by molar-refractivity contribution is -0.123. The standard InChI is InChI=1S/C34H68NO6P/c1-3-5-7-9-11-13-15-17-19-21-23-25-27-29-33(36)32(31-41-42(38,39)40)35-34(37)30-28-26-24-22-20-18-16-14-12-10-8-6-4-2/h27,29,32-33,36H,3-26,28,30-31H2,1-2H3,(H,35,37)(H2,38,39,40). The molecule has 0 heterocycles. The Labute approximate surface area is 259 Å². The van der Waals surface area contributed by atoms with Gasteiger partial charge in [-0.2, -0.15) is 0 Å². The SMILES string of the molecule is CCCCCCCCCCCCCC=CC(O)C(COP(=O)(O)O)NC(=O)CCCCCCCCCCCCCCC. The Bertz CT molecular complexity index is 668. The summed E-state index contributed by atoms with van der Waals surface area (Å²) in [5.74, 6) is -0.227. The maximum atomic E-state index is 12.5. The van der Waals surface area contributed by atoms with Gasteiger partial charge < -0.3 is 20.2 Å². The number of rotatable bonds is 32. The van der Waals surface area contributed by atoms with Crippen LogP contribution in [-0.4, -0.2) is 39.6 Å². The Kier molecular flexibility index (Phi) is 29.8. The summed E-state index contributed by atoms with van der Waals surface area (Å²) >= 11 is 0. The minimum Gasteiger partial charge on any atom is -0.387 e. The highest BCUT2D eigenvalue weighted by atomic mass is 31.2. The molecule has 8 heteroatoms. The van der Waals surface area contributed by atoms with Crippen LogP contribution >= 0.6 is 7.82 Å². The van der Waals surface area contributed by atoms with Gasteiger partial charge in [-0.15, -0.1) is 0 Å². The number of hydrogen-bond donors (Lipinski definition) is 4. The summed E-state index contributed by atoms with van der Waals surface area (Å²) in [6.45, 7) is 4.05. The van der Waals surface area contributed by atoms with Crippen LogP contribution in [0.5, 0.6) is 0 Å². The summed E-state index contributed by atoms with van der Waals surface area (Å²) in [5.41, 5.74) is 0. The molecule has 0 saturated carbocycles. The fourth-order valence-corrected chi connectivity index (χ4v) is 5.64. The Morgan fingerprint density at radius 3 is 1.45 bits per heavy atom. The van der Waals surface area contributed by atoms with Crippen molar-refractivity contribution in [2.75, 3.05) is 6.61 Å². The molecule has 4 N–H and O–H groups in total. The van der Waals surface area contributed by atoms with Crippen LogP contribution in [0.15, 0.2) is 12.2 Å². The van der Waals surface area contributed by atoms with E-state index in [1.54, 1.807) is 6.08 Å². The molecule has 2 unspecified atom stereocenters. The van der Waals surface area contributed by atoms with E-state index < -0.39 is 26.6 Å². The lowest BCUT2D eigenvalue weighted by atomic mass is 10.0. The van der Waals surface area contributed by atoms with Crippen LogP contribution in [0.3, 0.4) is 0 Å². The Morgan fingerprint density at radius 1 is 0.667 bits per heavy atom. The van der Waals surface area contributed by atoms with Crippen molar-refractivity contribution in [3.63, 3.8) is 0 Å². The number of phosphoric ester groups is 1. The highest BCUT2D eigenvalue weighted by Gasteiger charge is 2.24. The summed E-state index contributed by atoms with van der Waals surface area (Å²) in [6, 6.07) is -0.902. The number of phosphoric acid groups is 1. The molecular formula is C34H68NO6P. The van der Waals surface area contributed by atoms with Gasteiger partial charge in [-0.3, -0.25) is 9.32 Å². The zero-order valence-corrected chi connectivity index (χ0v) is 28.3. The normalized spacial score (nSPS) is 13.5. The fourth-order valence-electron chi connectivity index (χ4n) is 5.28. The molecule has 0 aliphatic carbocycles. The number of hydrogen-bond acceptors (Lipinski definition) is 4. The molecule has 0 saturated heterocycles. The molecule has 42 heavy (non-hydrogen) atoms. The van der Waals surface area contributed by atoms with E-state index in [1.807, 2.05) is 6.08 Å². The lowest BCUT2D eigenvalue weighted by Crippen LogP contribution is -2.45. The highest BCUT2D eigenvalue weighted by molar-refractivity contribution is 7.46. The number of unbranched alkanes of at least 4 members (excludes halogenated alkanes) is 23. The molecule has 0 aliphatic rings. The van der Waals surface area contributed by atoms with Crippen LogP contribution in [0.4, 0.5) is 0 Å². The summed E-state index contributed by atoms with van der Waals surface area (Å²) in [4.78, 5) is 30.7. The lowest BCUT2D eigenvalue weighted by Gasteiger charge is -2.22. The topological polar surface area (TPSA) is 116 Å². The number of carbonyl (C=O) groups excluding carboxylic acids is 1. The predicted molar refractivity (Wildman–Crippen MR) is 176 cm³/mol. The Balaban J connectivity index is 4.07. The monoisotopic (exact) mass is 617 g/mol. The molecular weight excluding hydrogens is 549 g/mol. The average Bonchev–Trinajstić information content (AvgIpc) is 2.95. The predicted octanol–water partition coefficient (Wildman–Crippen LogP) is 9.68. The molecule has 250 valence electrons. The Hall–Kier alpha value is -0.720. The molecule has 7 nitrogen and oxygen atoms in total. The van der Waals surface area contributed by atoms with E-state index in [4.69, 9.17) is 9.79 Å². The van der Waals surface area contributed by atoms with Crippen LogP contribution < -0.4 is 5.32 Å². The van der Waals surface area contributed by atoms with E-state index in [0.29, 0.717) is 6.42 Å². The van der Waals surface area contributed by atoms with E-state index >= 15 is 0 Å². The third-order valence-corrected chi connectivity index (χ3v) is 8.48. The third kappa shape index (κ3) is 30.7. The second-order valence-electron chi connectivity index (χ2n) is 12.2. The molecule has 0 fully saturated rings. The van der Waals surface area contributed by atoms with Gasteiger partial charge in [0.15, 0.2) is 0 Å². The van der Waals surface area contributed by atoms with Gasteiger partial charge in [0.1, 0.15) is 0 Å². The first-order chi connectivity index (χ1) is 20.3. The molecule has 1 amide bonds. The van der Waals surface area contributed by atoms with Crippen molar-refractivity contribution in [1.29, 1.82) is 0 Å². The molecule has 0 aromatic carbocycles. The van der Waals surface area contributed by atoms with E-state index in [-0.39, 0.29) is 5.91 Å². The van der Waals surface area contributed by atoms with Gasteiger partial charge in [0.2, 0.25) is 5.91 Å². The summed E-state index contributed by atoms with van der Waals surface area (Å²) in [7, 11) is -4.70. The van der Waals surface area contributed by atoms with Crippen LogP contribution in [0.2, 0.25) is 0 Å². The van der Waals surface area contributed by atoms with Crippen LogP contribution in [0, 0.1) is 0 Å². The van der Waals surface area contributed by atoms with Gasteiger partial charge in [0, 0.05) is 6.42 Å². The molecule has 0 spiro atoms. The largest absolute Gasteiger partial charge is 0.469 e. The number of amides is 1. The van der Waals surface area contributed by atoms with E-state index in [0.717, 1.165) is 38.5 Å². The van der Waals surface area contributed by atoms with Crippen LogP contribution in [0.25, 0.3) is 0 Å². The van der Waals surface area contributed by atoms with Crippen LogP contribution in [-0.2, 0) is 13.9 Å². The molecule has 0 rings (SSSR count). The average molecular weight is 618 g/mol. The molecule has 0 radical (unpaired) electrons. The second-order valence-corrected chi connectivity index (χ2v) is 13.4. The first kappa shape index (κ1) is 41.3. The number of nitrogens with one attached hydrogen (secondary N) is 1. The number of allylic oxidation sites excluding steroid dienone is 1. The van der Waals surface area contributed by atoms with Crippen LogP contribution in [0.1, 0.15) is 181 Å². The first-order valence-electron chi connectivity index (χ1n) is 17.6. The number of aliphatic hydroxyl groups excluding tert-OH is 1. The van der Waals surface area contributed by atoms with Crippen molar-refractivity contribution in [2.24, 2.45) is 0 Å². The molecule has 0 aromatic rings. The minimum absolute atomic E-state index is 0.227. The summed E-state index contributed by atoms with van der Waals surface area (Å²) in [6.07, 6.45) is 33.6. The van der Waals surface area contributed by atoms with Crippen molar-refractivity contribution in [3.05, 3.63) is 12.2 Å². The van der Waals surface area contributed by atoms with Crippen molar-refractivity contribution < 1.29 is 28.8 Å². The smallest absolute Gasteiger partial charge is 0.387 e. The van der Waals surface area contributed by atoms with Crippen molar-refractivity contribution >= 4 is 13.7 Å². The molecule has 0 aromatic heterocycles. The number of aliphatic hydroxyl groups is 1. The van der Waals surface area contributed by atoms with Crippen molar-refractivity contribution in [2.45, 2.75) is 193 Å². The van der Waals surface area contributed by atoms with Gasteiger partial charge in [0.05, 0.1) is 18.8 Å². The maximum absolute atomic E-state index is 12.5. The zero-order valence-electron chi connectivity index (χ0n) is 27.4. The zero-order chi connectivity index (χ0) is 31.2. The first-order valence-corrected chi connectivity index (χ1v) is 19.2.